The second-order valence-electron chi connectivity index (χ2n) is 6.89. The average Bonchev–Trinajstić information content (AvgIpc) is 2.62. The van der Waals surface area contributed by atoms with Crippen molar-refractivity contribution < 1.29 is 19.4 Å². The molecule has 1 aliphatic heterocycles. The summed E-state index contributed by atoms with van der Waals surface area (Å²) < 4.78 is 9.97. The van der Waals surface area contributed by atoms with Crippen LogP contribution in [0.2, 0.25) is 0 Å². The highest BCUT2D eigenvalue weighted by Gasteiger charge is 2.25. The molecule has 27 heavy (non-hydrogen) atoms. The van der Waals surface area contributed by atoms with Gasteiger partial charge in [-0.15, -0.1) is 24.0 Å². The molecule has 0 aromatic carbocycles. The van der Waals surface area contributed by atoms with Crippen molar-refractivity contribution >= 4 is 35.9 Å². The van der Waals surface area contributed by atoms with Crippen LogP contribution in [0.4, 0.5) is 0 Å². The monoisotopic (exact) mass is 500 g/mol. The Labute approximate surface area is 180 Å². The molecule has 1 saturated heterocycles. The molecule has 1 fully saturated rings. The molecule has 3 N–H and O–H groups in total. The van der Waals surface area contributed by atoms with Crippen molar-refractivity contribution in [3.8, 4) is 0 Å². The Morgan fingerprint density at radius 3 is 2.59 bits per heavy atom. The summed E-state index contributed by atoms with van der Waals surface area (Å²) in [5.74, 6) is 0.554. The van der Waals surface area contributed by atoms with Gasteiger partial charge in [-0.2, -0.15) is 0 Å². The number of guanidine groups is 1. The second-order valence-corrected chi connectivity index (χ2v) is 6.89. The third-order valence-electron chi connectivity index (χ3n) is 4.17. The molecule has 1 aliphatic rings. The summed E-state index contributed by atoms with van der Waals surface area (Å²) in [6.45, 7) is 9.45. The van der Waals surface area contributed by atoms with Crippen LogP contribution in [0.5, 0.6) is 0 Å². The zero-order valence-corrected chi connectivity index (χ0v) is 19.3. The highest BCUT2D eigenvalue weighted by Crippen LogP contribution is 2.09. The Morgan fingerprint density at radius 2 is 1.96 bits per heavy atom. The van der Waals surface area contributed by atoms with Gasteiger partial charge in [0.25, 0.3) is 0 Å². The summed E-state index contributed by atoms with van der Waals surface area (Å²) >= 11 is 0. The number of carbonyl (C=O) groups excluding carboxylic acids is 1. The zero-order chi connectivity index (χ0) is 19.3. The third kappa shape index (κ3) is 13.2. The summed E-state index contributed by atoms with van der Waals surface area (Å²) in [7, 11) is 1.41. The van der Waals surface area contributed by atoms with Crippen molar-refractivity contribution in [2.75, 3.05) is 59.6 Å². The molecule has 0 saturated carbocycles. The number of esters is 1. The fourth-order valence-electron chi connectivity index (χ4n) is 2.76. The van der Waals surface area contributed by atoms with Gasteiger partial charge in [0.1, 0.15) is 0 Å². The Balaban J connectivity index is 0.00000676. The number of rotatable bonds is 11. The highest BCUT2D eigenvalue weighted by atomic mass is 127. The number of aliphatic hydroxyl groups is 1. The topological polar surface area (TPSA) is 95.4 Å². The van der Waals surface area contributed by atoms with E-state index in [0.717, 1.165) is 58.7 Å². The number of hydrogen-bond donors (Lipinski definition) is 3. The van der Waals surface area contributed by atoms with Gasteiger partial charge in [0, 0.05) is 39.1 Å². The summed E-state index contributed by atoms with van der Waals surface area (Å²) in [5, 5.41) is 17.1. The smallest absolute Gasteiger partial charge is 0.305 e. The Kier molecular flexibility index (Phi) is 14.9. The van der Waals surface area contributed by atoms with Crippen molar-refractivity contribution in [1.29, 1.82) is 0 Å². The second kappa shape index (κ2) is 15.3. The number of hydrogen-bond acceptors (Lipinski definition) is 6. The number of morpholine rings is 1. The molecule has 0 aromatic heterocycles. The molecule has 0 amide bonds. The summed E-state index contributed by atoms with van der Waals surface area (Å²) in [5.41, 5.74) is -0.875. The normalized spacial score (nSPS) is 17.6. The van der Waals surface area contributed by atoms with Crippen molar-refractivity contribution in [1.82, 2.24) is 15.5 Å². The van der Waals surface area contributed by atoms with E-state index in [1.807, 2.05) is 13.8 Å². The molecule has 160 valence electrons. The van der Waals surface area contributed by atoms with Crippen LogP contribution in [0.1, 0.15) is 39.5 Å². The first-order chi connectivity index (χ1) is 12.5. The van der Waals surface area contributed by atoms with Crippen molar-refractivity contribution in [2.45, 2.75) is 45.1 Å². The standard InChI is InChI=1S/C18H36N4O4.HI/c1-4-19-17(20-9-7-5-6-8-16(23)25-3)21-14-18(2,24)15-22-10-12-26-13-11-22;/h24H,4-15H2,1-3H3,(H2,19,20,21);1H. The molecule has 0 aromatic rings. The van der Waals surface area contributed by atoms with Gasteiger partial charge in [-0.1, -0.05) is 6.42 Å². The van der Waals surface area contributed by atoms with Gasteiger partial charge in [-0.25, -0.2) is 0 Å². The molecule has 0 aliphatic carbocycles. The minimum atomic E-state index is -0.875. The van der Waals surface area contributed by atoms with Gasteiger partial charge in [-0.05, 0) is 26.7 Å². The van der Waals surface area contributed by atoms with Gasteiger partial charge in [0.05, 0.1) is 32.5 Å². The largest absolute Gasteiger partial charge is 0.469 e. The Hall–Kier alpha value is -0.650. The van der Waals surface area contributed by atoms with E-state index in [-0.39, 0.29) is 29.9 Å². The van der Waals surface area contributed by atoms with Crippen LogP contribution in [0.3, 0.4) is 0 Å². The molecule has 9 heteroatoms. The van der Waals surface area contributed by atoms with E-state index in [1.165, 1.54) is 7.11 Å². The van der Waals surface area contributed by atoms with Crippen LogP contribution in [-0.4, -0.2) is 87.1 Å². The molecular formula is C18H37IN4O4. The van der Waals surface area contributed by atoms with Crippen LogP contribution in [0.15, 0.2) is 4.99 Å². The third-order valence-corrected chi connectivity index (χ3v) is 4.17. The van der Waals surface area contributed by atoms with Crippen LogP contribution in [0.25, 0.3) is 0 Å². The number of β-amino-alcohol motifs (C(OH)–C–C–N with tert-alkyl or cyclic N) is 1. The summed E-state index contributed by atoms with van der Waals surface area (Å²) in [4.78, 5) is 17.8. The number of nitrogens with one attached hydrogen (secondary N) is 2. The lowest BCUT2D eigenvalue weighted by Gasteiger charge is -2.33. The molecule has 0 radical (unpaired) electrons. The van der Waals surface area contributed by atoms with Crippen molar-refractivity contribution in [2.24, 2.45) is 4.99 Å². The number of ether oxygens (including phenoxy) is 2. The van der Waals surface area contributed by atoms with E-state index in [0.29, 0.717) is 25.5 Å². The van der Waals surface area contributed by atoms with Crippen LogP contribution in [-0.2, 0) is 14.3 Å². The zero-order valence-electron chi connectivity index (χ0n) is 17.0. The highest BCUT2D eigenvalue weighted by molar-refractivity contribution is 14.0. The molecule has 8 nitrogen and oxygen atoms in total. The number of unbranched alkanes of at least 4 members (excludes halogenated alkanes) is 2. The van der Waals surface area contributed by atoms with E-state index in [9.17, 15) is 9.90 Å². The quantitative estimate of drug-likeness (QED) is 0.128. The number of halogens is 1. The molecule has 1 heterocycles. The molecule has 0 spiro atoms. The molecule has 0 bridgehead atoms. The minimum Gasteiger partial charge on any atom is -0.469 e. The van der Waals surface area contributed by atoms with Gasteiger partial charge >= 0.3 is 5.97 Å². The van der Waals surface area contributed by atoms with Crippen LogP contribution >= 0.6 is 24.0 Å². The minimum absolute atomic E-state index is 0. The molecule has 1 atom stereocenters. The number of nitrogens with zero attached hydrogens (tertiary/aromatic N) is 2. The van der Waals surface area contributed by atoms with Gasteiger partial charge in [-0.3, -0.25) is 14.7 Å². The first-order valence-electron chi connectivity index (χ1n) is 9.58. The fraction of sp³-hybridized carbons (Fsp3) is 0.889. The average molecular weight is 500 g/mol. The fourth-order valence-corrected chi connectivity index (χ4v) is 2.76. The van der Waals surface area contributed by atoms with E-state index < -0.39 is 5.60 Å². The first kappa shape index (κ1) is 26.4. The lowest BCUT2D eigenvalue weighted by Crippen LogP contribution is -2.48. The molecule has 1 rings (SSSR count). The van der Waals surface area contributed by atoms with Gasteiger partial charge in [0.2, 0.25) is 0 Å². The lowest BCUT2D eigenvalue weighted by molar-refractivity contribution is -0.140. The maximum atomic E-state index is 11.1. The van der Waals surface area contributed by atoms with Crippen LogP contribution in [0, 0.1) is 0 Å². The van der Waals surface area contributed by atoms with E-state index >= 15 is 0 Å². The molecular weight excluding hydrogens is 463 g/mol. The first-order valence-corrected chi connectivity index (χ1v) is 9.58. The van der Waals surface area contributed by atoms with Gasteiger partial charge in [0.15, 0.2) is 5.96 Å². The molecule has 1 unspecified atom stereocenters. The predicted molar refractivity (Wildman–Crippen MR) is 118 cm³/mol. The van der Waals surface area contributed by atoms with Crippen molar-refractivity contribution in [3.05, 3.63) is 0 Å². The van der Waals surface area contributed by atoms with Crippen LogP contribution < -0.4 is 10.6 Å². The Bertz CT molecular complexity index is 430. The maximum Gasteiger partial charge on any atom is 0.305 e. The van der Waals surface area contributed by atoms with E-state index in [1.54, 1.807) is 0 Å². The maximum absolute atomic E-state index is 11.1. The summed E-state index contributed by atoms with van der Waals surface area (Å²) in [6.07, 6.45) is 3.20. The van der Waals surface area contributed by atoms with E-state index in [4.69, 9.17) is 4.74 Å². The lowest BCUT2D eigenvalue weighted by atomic mass is 10.1. The predicted octanol–water partition coefficient (Wildman–Crippen LogP) is 0.976. The Morgan fingerprint density at radius 1 is 1.26 bits per heavy atom. The van der Waals surface area contributed by atoms with Gasteiger partial charge < -0.3 is 25.2 Å². The SMILES string of the molecule is CCNC(=NCC(C)(O)CN1CCOCC1)NCCCCCC(=O)OC.I. The van der Waals surface area contributed by atoms with E-state index in [2.05, 4.69) is 25.3 Å². The number of carbonyl (C=O) groups is 1. The number of aliphatic imine (C=N–C) groups is 1. The van der Waals surface area contributed by atoms with Crippen molar-refractivity contribution in [3.63, 3.8) is 0 Å². The number of methoxy groups -OCH3 is 1. The summed E-state index contributed by atoms with van der Waals surface area (Å²) in [6, 6.07) is 0.